The van der Waals surface area contributed by atoms with Crippen molar-refractivity contribution >= 4 is 23.2 Å². The molecule has 17 heavy (non-hydrogen) atoms. The minimum Gasteiger partial charge on any atom is -0.496 e. The van der Waals surface area contributed by atoms with Crippen molar-refractivity contribution in [3.63, 3.8) is 0 Å². The Balaban J connectivity index is 3.19. The van der Waals surface area contributed by atoms with Crippen molar-refractivity contribution in [2.75, 3.05) is 7.11 Å². The molecule has 1 unspecified atom stereocenters. The van der Waals surface area contributed by atoms with Crippen molar-refractivity contribution in [1.29, 1.82) is 0 Å². The SMILES string of the molecule is COc1cc(C(F)(F)F)ccc1C(O)C(Cl)Cl. The molecule has 1 aromatic rings. The highest BCUT2D eigenvalue weighted by Gasteiger charge is 2.32. The first-order valence-corrected chi connectivity index (χ1v) is 5.36. The van der Waals surface area contributed by atoms with Crippen LogP contribution < -0.4 is 4.74 Å². The summed E-state index contributed by atoms with van der Waals surface area (Å²) in [7, 11) is 1.20. The predicted molar refractivity (Wildman–Crippen MR) is 58.4 cm³/mol. The molecule has 1 aromatic carbocycles. The van der Waals surface area contributed by atoms with Crippen molar-refractivity contribution < 1.29 is 23.0 Å². The quantitative estimate of drug-likeness (QED) is 0.862. The van der Waals surface area contributed by atoms with Gasteiger partial charge >= 0.3 is 6.18 Å². The molecule has 0 saturated carbocycles. The van der Waals surface area contributed by atoms with Gasteiger partial charge in [-0.25, -0.2) is 0 Å². The number of benzene rings is 1. The third-order valence-corrected chi connectivity index (χ3v) is 2.60. The van der Waals surface area contributed by atoms with Gasteiger partial charge in [0.1, 0.15) is 16.7 Å². The van der Waals surface area contributed by atoms with Crippen molar-refractivity contribution in [3.05, 3.63) is 29.3 Å². The van der Waals surface area contributed by atoms with Gasteiger partial charge in [0.05, 0.1) is 12.7 Å². The summed E-state index contributed by atoms with van der Waals surface area (Å²) in [5.41, 5.74) is -0.763. The van der Waals surface area contributed by atoms with Crippen LogP contribution in [0.3, 0.4) is 0 Å². The zero-order valence-corrected chi connectivity index (χ0v) is 10.1. The van der Waals surface area contributed by atoms with E-state index in [9.17, 15) is 18.3 Å². The van der Waals surface area contributed by atoms with E-state index < -0.39 is 22.7 Å². The van der Waals surface area contributed by atoms with Crippen LogP contribution in [-0.2, 0) is 6.18 Å². The van der Waals surface area contributed by atoms with Crippen LogP contribution >= 0.6 is 23.2 Å². The number of aliphatic hydroxyl groups is 1. The van der Waals surface area contributed by atoms with Crippen molar-refractivity contribution in [3.8, 4) is 5.75 Å². The minimum absolute atomic E-state index is 0.107. The van der Waals surface area contributed by atoms with Crippen molar-refractivity contribution in [2.24, 2.45) is 0 Å². The summed E-state index contributed by atoms with van der Waals surface area (Å²) in [6.07, 6.45) is -5.78. The molecule has 1 N–H and O–H groups in total. The van der Waals surface area contributed by atoms with Crippen molar-refractivity contribution in [2.45, 2.75) is 17.1 Å². The second-order valence-electron chi connectivity index (χ2n) is 3.23. The number of halogens is 5. The van der Waals surface area contributed by atoms with Gasteiger partial charge in [-0.1, -0.05) is 6.07 Å². The van der Waals surface area contributed by atoms with Gasteiger partial charge in [0.2, 0.25) is 0 Å². The van der Waals surface area contributed by atoms with E-state index in [1.165, 1.54) is 7.11 Å². The Labute approximate surface area is 106 Å². The topological polar surface area (TPSA) is 29.5 Å². The van der Waals surface area contributed by atoms with Crippen LogP contribution in [0.25, 0.3) is 0 Å². The molecule has 0 aliphatic rings. The molecule has 96 valence electrons. The Bertz CT molecular complexity index is 394. The fourth-order valence-electron chi connectivity index (χ4n) is 1.27. The molecule has 2 nitrogen and oxygen atoms in total. The summed E-state index contributed by atoms with van der Waals surface area (Å²) in [4.78, 5) is -1.15. The number of hydrogen-bond donors (Lipinski definition) is 1. The number of alkyl halides is 5. The van der Waals surface area contributed by atoms with Gasteiger partial charge in [-0.15, -0.1) is 23.2 Å². The summed E-state index contributed by atoms with van der Waals surface area (Å²) in [5.74, 6) is -0.112. The average molecular weight is 289 g/mol. The zero-order valence-electron chi connectivity index (χ0n) is 8.63. The van der Waals surface area contributed by atoms with E-state index in [0.29, 0.717) is 0 Å². The highest BCUT2D eigenvalue weighted by atomic mass is 35.5. The molecule has 0 amide bonds. The highest BCUT2D eigenvalue weighted by Crippen LogP contribution is 2.36. The molecule has 0 aromatic heterocycles. The Morgan fingerprint density at radius 2 is 1.88 bits per heavy atom. The molecule has 0 spiro atoms. The van der Waals surface area contributed by atoms with Crippen LogP contribution in [0.1, 0.15) is 17.2 Å². The number of ether oxygens (including phenoxy) is 1. The normalized spacial score (nSPS) is 13.9. The van der Waals surface area contributed by atoms with E-state index in [4.69, 9.17) is 27.9 Å². The summed E-state index contributed by atoms with van der Waals surface area (Å²) < 4.78 is 42.1. The molecular weight excluding hydrogens is 280 g/mol. The van der Waals surface area contributed by atoms with Gasteiger partial charge in [0.15, 0.2) is 0 Å². The van der Waals surface area contributed by atoms with Crippen LogP contribution in [0.2, 0.25) is 0 Å². The second-order valence-corrected chi connectivity index (χ2v) is 4.40. The maximum atomic E-state index is 12.4. The first-order chi connectivity index (χ1) is 7.77. The van der Waals surface area contributed by atoms with E-state index in [1.54, 1.807) is 0 Å². The molecule has 1 rings (SSSR count). The van der Waals surface area contributed by atoms with E-state index in [-0.39, 0.29) is 11.3 Å². The fourth-order valence-corrected chi connectivity index (χ4v) is 1.54. The third-order valence-electron chi connectivity index (χ3n) is 2.12. The van der Waals surface area contributed by atoms with E-state index in [1.807, 2.05) is 0 Å². The lowest BCUT2D eigenvalue weighted by Gasteiger charge is -2.17. The van der Waals surface area contributed by atoms with Gasteiger partial charge in [-0.3, -0.25) is 0 Å². The van der Waals surface area contributed by atoms with Crippen LogP contribution in [0.5, 0.6) is 5.75 Å². The van der Waals surface area contributed by atoms with Crippen LogP contribution in [0.4, 0.5) is 13.2 Å². The second kappa shape index (κ2) is 5.33. The molecule has 0 saturated heterocycles. The highest BCUT2D eigenvalue weighted by molar-refractivity contribution is 6.44. The Hall–Kier alpha value is -0.650. The monoisotopic (exact) mass is 288 g/mol. The van der Waals surface area contributed by atoms with E-state index >= 15 is 0 Å². The standard InChI is InChI=1S/C10H9Cl2F3O2/c1-17-7-4-5(10(13,14)15)2-3-6(7)8(16)9(11)12/h2-4,8-9,16H,1H3. The van der Waals surface area contributed by atoms with Crippen LogP contribution in [-0.4, -0.2) is 17.1 Å². The lowest BCUT2D eigenvalue weighted by atomic mass is 10.1. The molecule has 0 aliphatic heterocycles. The van der Waals surface area contributed by atoms with Crippen LogP contribution in [0, 0.1) is 0 Å². The zero-order chi connectivity index (χ0) is 13.2. The minimum atomic E-state index is -4.47. The third kappa shape index (κ3) is 3.40. The van der Waals surface area contributed by atoms with Gasteiger partial charge in [-0.05, 0) is 12.1 Å². The van der Waals surface area contributed by atoms with Crippen LogP contribution in [0.15, 0.2) is 18.2 Å². The lowest BCUT2D eigenvalue weighted by molar-refractivity contribution is -0.137. The van der Waals surface area contributed by atoms with Gasteiger partial charge in [0.25, 0.3) is 0 Å². The van der Waals surface area contributed by atoms with Crippen molar-refractivity contribution in [1.82, 2.24) is 0 Å². The molecule has 0 radical (unpaired) electrons. The molecule has 0 bridgehead atoms. The fraction of sp³-hybridized carbons (Fsp3) is 0.400. The molecular formula is C10H9Cl2F3O2. The molecule has 0 aliphatic carbocycles. The van der Waals surface area contributed by atoms with Gasteiger partial charge in [-0.2, -0.15) is 13.2 Å². The predicted octanol–water partition coefficient (Wildman–Crippen LogP) is 3.55. The molecule has 1 atom stereocenters. The Morgan fingerprint density at radius 1 is 1.29 bits per heavy atom. The number of rotatable bonds is 3. The van der Waals surface area contributed by atoms with Gasteiger partial charge in [0, 0.05) is 5.56 Å². The first-order valence-electron chi connectivity index (χ1n) is 4.48. The first kappa shape index (κ1) is 14.4. The summed E-state index contributed by atoms with van der Waals surface area (Å²) in [6, 6.07) is 2.70. The largest absolute Gasteiger partial charge is 0.496 e. The molecule has 0 heterocycles. The maximum Gasteiger partial charge on any atom is 0.416 e. The lowest BCUT2D eigenvalue weighted by Crippen LogP contribution is -2.10. The average Bonchev–Trinajstić information content (AvgIpc) is 2.25. The van der Waals surface area contributed by atoms with Gasteiger partial charge < -0.3 is 9.84 Å². The number of hydrogen-bond acceptors (Lipinski definition) is 2. The Kier molecular flexibility index (Phi) is 4.52. The smallest absolute Gasteiger partial charge is 0.416 e. The maximum absolute atomic E-state index is 12.4. The number of methoxy groups -OCH3 is 1. The molecule has 7 heteroatoms. The summed E-state index contributed by atoms with van der Waals surface area (Å²) in [6.45, 7) is 0. The summed E-state index contributed by atoms with van der Waals surface area (Å²) >= 11 is 10.9. The van der Waals surface area contributed by atoms with E-state index in [0.717, 1.165) is 18.2 Å². The van der Waals surface area contributed by atoms with E-state index in [2.05, 4.69) is 0 Å². The Morgan fingerprint density at radius 3 is 2.29 bits per heavy atom. The summed E-state index contributed by atoms with van der Waals surface area (Å²) in [5, 5.41) is 9.58. The molecule has 0 fully saturated rings. The number of aliphatic hydroxyl groups excluding tert-OH is 1.